The van der Waals surface area contributed by atoms with Crippen LogP contribution in [0.5, 0.6) is 0 Å². The summed E-state index contributed by atoms with van der Waals surface area (Å²) in [5, 5.41) is 5.48. The summed E-state index contributed by atoms with van der Waals surface area (Å²) in [5.41, 5.74) is 2.49. The molecule has 0 atom stereocenters. The molecule has 0 bridgehead atoms. The first-order chi connectivity index (χ1) is 12.2. The second kappa shape index (κ2) is 6.70. The highest BCUT2D eigenvalue weighted by atomic mass is 35.5. The van der Waals surface area contributed by atoms with Gasteiger partial charge in [-0.1, -0.05) is 35.9 Å². The lowest BCUT2D eigenvalue weighted by molar-refractivity contribution is -0.116. The number of benzene rings is 2. The first kappa shape index (κ1) is 15.9. The predicted molar refractivity (Wildman–Crippen MR) is 103 cm³/mol. The Kier molecular flexibility index (Phi) is 4.26. The lowest BCUT2D eigenvalue weighted by Crippen LogP contribution is -2.19. The van der Waals surface area contributed by atoms with Gasteiger partial charge in [-0.2, -0.15) is 0 Å². The third-order valence-corrected chi connectivity index (χ3v) is 4.91. The van der Waals surface area contributed by atoms with Gasteiger partial charge in [0.15, 0.2) is 5.82 Å². The minimum absolute atomic E-state index is 0.122. The predicted octanol–water partition coefficient (Wildman–Crippen LogP) is 5.06. The van der Waals surface area contributed by atoms with Crippen LogP contribution in [-0.2, 0) is 11.3 Å². The first-order valence-corrected chi connectivity index (χ1v) is 9.01. The maximum Gasteiger partial charge on any atom is 0.244 e. The Morgan fingerprint density at radius 2 is 2.00 bits per heavy atom. The Hall–Kier alpha value is -2.63. The average molecular weight is 368 g/mol. The van der Waals surface area contributed by atoms with Crippen LogP contribution >= 0.6 is 22.9 Å². The molecule has 0 fully saturated rings. The zero-order valence-electron chi connectivity index (χ0n) is 13.1. The van der Waals surface area contributed by atoms with Gasteiger partial charge in [0.1, 0.15) is 6.54 Å². The van der Waals surface area contributed by atoms with Gasteiger partial charge in [-0.05, 0) is 41.8 Å². The van der Waals surface area contributed by atoms with Crippen LogP contribution in [0.25, 0.3) is 21.7 Å². The van der Waals surface area contributed by atoms with Crippen LogP contribution in [0.3, 0.4) is 0 Å². The van der Waals surface area contributed by atoms with E-state index in [1.165, 1.54) is 0 Å². The largest absolute Gasteiger partial charge is 0.324 e. The molecule has 0 saturated carbocycles. The lowest BCUT2D eigenvalue weighted by Gasteiger charge is -2.09. The highest BCUT2D eigenvalue weighted by molar-refractivity contribution is 7.13. The van der Waals surface area contributed by atoms with Crippen molar-refractivity contribution >= 4 is 45.6 Å². The fraction of sp³-hybridized carbons (Fsp3) is 0.0526. The number of nitrogens with zero attached hydrogens (tertiary/aromatic N) is 2. The maximum atomic E-state index is 12.6. The third-order valence-electron chi connectivity index (χ3n) is 3.81. The molecule has 0 aliphatic carbocycles. The summed E-state index contributed by atoms with van der Waals surface area (Å²) in [4.78, 5) is 18.3. The molecular weight excluding hydrogens is 354 g/mol. The summed E-state index contributed by atoms with van der Waals surface area (Å²) in [7, 11) is 0. The van der Waals surface area contributed by atoms with Crippen molar-refractivity contribution < 1.29 is 4.79 Å². The van der Waals surface area contributed by atoms with E-state index in [-0.39, 0.29) is 12.5 Å². The van der Waals surface area contributed by atoms with E-state index in [1.54, 1.807) is 23.5 Å². The van der Waals surface area contributed by atoms with Crippen molar-refractivity contribution in [3.05, 3.63) is 71.1 Å². The van der Waals surface area contributed by atoms with Gasteiger partial charge in [0.25, 0.3) is 0 Å². The number of carbonyl (C=O) groups is 1. The molecule has 2 aromatic carbocycles. The Balaban J connectivity index is 1.68. The lowest BCUT2D eigenvalue weighted by atomic mass is 10.3. The third kappa shape index (κ3) is 3.29. The number of hydrogen-bond donors (Lipinski definition) is 1. The van der Waals surface area contributed by atoms with Gasteiger partial charge < -0.3 is 9.88 Å². The molecule has 1 N–H and O–H groups in total. The number of fused-ring (bicyclic) bond motifs is 1. The smallest absolute Gasteiger partial charge is 0.244 e. The summed E-state index contributed by atoms with van der Waals surface area (Å²) in [6.45, 7) is 0.181. The molecule has 4 nitrogen and oxygen atoms in total. The molecule has 4 aromatic rings. The Bertz CT molecular complexity index is 1040. The van der Waals surface area contributed by atoms with Crippen LogP contribution < -0.4 is 5.32 Å². The number of imidazole rings is 1. The van der Waals surface area contributed by atoms with Gasteiger partial charge in [0.05, 0.1) is 15.9 Å². The first-order valence-electron chi connectivity index (χ1n) is 7.75. The number of anilines is 1. The SMILES string of the molecule is O=C(Cn1c(-c2cccs2)nc2ccccc21)Nc1cccc(Cl)c1. The number of halogens is 1. The molecule has 2 aromatic heterocycles. The topological polar surface area (TPSA) is 46.9 Å². The van der Waals surface area contributed by atoms with E-state index in [1.807, 2.05) is 58.5 Å². The van der Waals surface area contributed by atoms with E-state index in [2.05, 4.69) is 5.32 Å². The molecule has 0 radical (unpaired) electrons. The second-order valence-electron chi connectivity index (χ2n) is 5.55. The molecule has 0 aliphatic heterocycles. The zero-order valence-corrected chi connectivity index (χ0v) is 14.7. The second-order valence-corrected chi connectivity index (χ2v) is 6.93. The van der Waals surface area contributed by atoms with Gasteiger partial charge in [0.2, 0.25) is 5.91 Å². The number of nitrogens with one attached hydrogen (secondary N) is 1. The quantitative estimate of drug-likeness (QED) is 0.548. The summed E-state index contributed by atoms with van der Waals surface area (Å²) in [5.74, 6) is 0.681. The standard InChI is InChI=1S/C19H14ClN3OS/c20-13-5-3-6-14(11-13)21-18(24)12-23-16-8-2-1-7-15(16)22-19(23)17-9-4-10-25-17/h1-11H,12H2,(H,21,24). The van der Waals surface area contributed by atoms with Gasteiger partial charge in [-0.25, -0.2) is 4.98 Å². The van der Waals surface area contributed by atoms with Crippen LogP contribution in [0.4, 0.5) is 5.69 Å². The van der Waals surface area contributed by atoms with Gasteiger partial charge in [0, 0.05) is 10.7 Å². The summed E-state index contributed by atoms with van der Waals surface area (Å²) in [6.07, 6.45) is 0. The van der Waals surface area contributed by atoms with E-state index >= 15 is 0 Å². The van der Waals surface area contributed by atoms with Crippen LogP contribution in [0.2, 0.25) is 5.02 Å². The Labute approximate surface area is 153 Å². The molecule has 0 spiro atoms. The van der Waals surface area contributed by atoms with Crippen LogP contribution in [0.15, 0.2) is 66.0 Å². The normalized spacial score (nSPS) is 10.9. The number of amides is 1. The van der Waals surface area contributed by atoms with Gasteiger partial charge >= 0.3 is 0 Å². The van der Waals surface area contributed by atoms with E-state index < -0.39 is 0 Å². The van der Waals surface area contributed by atoms with E-state index in [0.29, 0.717) is 10.7 Å². The van der Waals surface area contributed by atoms with E-state index in [9.17, 15) is 4.79 Å². The van der Waals surface area contributed by atoms with E-state index in [4.69, 9.17) is 16.6 Å². The fourth-order valence-electron chi connectivity index (χ4n) is 2.74. The van der Waals surface area contributed by atoms with Crippen molar-refractivity contribution in [2.45, 2.75) is 6.54 Å². The number of aromatic nitrogens is 2. The van der Waals surface area contributed by atoms with Crippen molar-refractivity contribution in [3.8, 4) is 10.7 Å². The molecule has 1 amide bonds. The number of carbonyl (C=O) groups excluding carboxylic acids is 1. The summed E-state index contributed by atoms with van der Waals surface area (Å²) in [6, 6.07) is 19.0. The van der Waals surface area contributed by atoms with Crippen molar-refractivity contribution in [3.63, 3.8) is 0 Å². The van der Waals surface area contributed by atoms with Crippen molar-refractivity contribution in [2.24, 2.45) is 0 Å². The number of hydrogen-bond acceptors (Lipinski definition) is 3. The Morgan fingerprint density at radius 3 is 2.80 bits per heavy atom. The minimum atomic E-state index is -0.122. The van der Waals surface area contributed by atoms with Crippen molar-refractivity contribution in [1.82, 2.24) is 9.55 Å². The molecule has 25 heavy (non-hydrogen) atoms. The molecule has 2 heterocycles. The fourth-order valence-corrected chi connectivity index (χ4v) is 3.65. The number of para-hydroxylation sites is 2. The molecule has 0 aliphatic rings. The van der Waals surface area contributed by atoms with Crippen molar-refractivity contribution in [2.75, 3.05) is 5.32 Å². The van der Waals surface area contributed by atoms with Crippen molar-refractivity contribution in [1.29, 1.82) is 0 Å². The van der Waals surface area contributed by atoms with Crippen LogP contribution in [-0.4, -0.2) is 15.5 Å². The highest BCUT2D eigenvalue weighted by Gasteiger charge is 2.15. The molecule has 0 unspecified atom stereocenters. The molecule has 0 saturated heterocycles. The molecular formula is C19H14ClN3OS. The highest BCUT2D eigenvalue weighted by Crippen LogP contribution is 2.28. The maximum absolute atomic E-state index is 12.6. The zero-order chi connectivity index (χ0) is 17.2. The summed E-state index contributed by atoms with van der Waals surface area (Å²) < 4.78 is 1.95. The van der Waals surface area contributed by atoms with Crippen LogP contribution in [0.1, 0.15) is 0 Å². The minimum Gasteiger partial charge on any atom is -0.324 e. The molecule has 6 heteroatoms. The summed E-state index contributed by atoms with van der Waals surface area (Å²) >= 11 is 7.58. The number of rotatable bonds is 4. The molecule has 124 valence electrons. The average Bonchev–Trinajstić information content (AvgIpc) is 3.23. The molecule has 4 rings (SSSR count). The van der Waals surface area contributed by atoms with Crippen LogP contribution in [0, 0.1) is 0 Å². The number of thiophene rings is 1. The Morgan fingerprint density at radius 1 is 1.12 bits per heavy atom. The van der Waals surface area contributed by atoms with Gasteiger partial charge in [-0.15, -0.1) is 11.3 Å². The monoisotopic (exact) mass is 367 g/mol. The van der Waals surface area contributed by atoms with E-state index in [0.717, 1.165) is 21.7 Å². The van der Waals surface area contributed by atoms with Gasteiger partial charge in [-0.3, -0.25) is 4.79 Å².